The molecule has 2 aromatic heterocycles. The van der Waals surface area contributed by atoms with Crippen molar-refractivity contribution in [2.45, 2.75) is 26.9 Å². The maximum Gasteiger partial charge on any atom is 0.340 e. The summed E-state index contributed by atoms with van der Waals surface area (Å²) in [6, 6.07) is 13.8. The number of pyridine rings is 1. The molecule has 10 nitrogen and oxygen atoms in total. The largest absolute Gasteiger partial charge is 0.465 e. The number of methoxy groups -OCH3 is 1. The standard InChI is InChI=1S/C28H26N4O6/c1-17-6-8-20(9-7-17)31-26(34)25(33)30-15-22-11-10-21(38-22)13-23-24(28(36)37-3)18(2)32(27(23)35)16-19-5-4-12-29-14-19/h4-14H,15-16H2,1-3H3,(H,30,33)(H,31,34)/b23-13+. The number of allylic oxidation sites excluding steroid dienone is 1. The third-order valence-electron chi connectivity index (χ3n) is 5.87. The number of hydrogen-bond acceptors (Lipinski definition) is 7. The molecule has 0 saturated carbocycles. The van der Waals surface area contributed by atoms with Gasteiger partial charge in [-0.2, -0.15) is 0 Å². The van der Waals surface area contributed by atoms with Crippen LogP contribution in [0.2, 0.25) is 0 Å². The fourth-order valence-electron chi connectivity index (χ4n) is 3.87. The zero-order chi connectivity index (χ0) is 27.2. The van der Waals surface area contributed by atoms with Gasteiger partial charge in [0.1, 0.15) is 11.5 Å². The Balaban J connectivity index is 1.45. The third kappa shape index (κ3) is 5.86. The number of anilines is 1. The highest BCUT2D eigenvalue weighted by molar-refractivity contribution is 6.39. The third-order valence-corrected chi connectivity index (χ3v) is 5.87. The van der Waals surface area contributed by atoms with Crippen LogP contribution >= 0.6 is 0 Å². The summed E-state index contributed by atoms with van der Waals surface area (Å²) >= 11 is 0. The van der Waals surface area contributed by atoms with Gasteiger partial charge in [-0.15, -0.1) is 0 Å². The number of esters is 1. The maximum atomic E-state index is 13.3. The van der Waals surface area contributed by atoms with Gasteiger partial charge in [-0.25, -0.2) is 4.79 Å². The molecule has 194 valence electrons. The Kier molecular flexibility index (Phi) is 7.81. The van der Waals surface area contributed by atoms with Crippen molar-refractivity contribution in [2.24, 2.45) is 0 Å². The second-order valence-corrected chi connectivity index (χ2v) is 8.57. The summed E-state index contributed by atoms with van der Waals surface area (Å²) in [6.45, 7) is 3.77. The normalized spacial score (nSPS) is 14.1. The summed E-state index contributed by atoms with van der Waals surface area (Å²) in [5.74, 6) is -2.02. The topological polar surface area (TPSA) is 131 Å². The second kappa shape index (κ2) is 11.4. The smallest absolute Gasteiger partial charge is 0.340 e. The highest BCUT2D eigenvalue weighted by Gasteiger charge is 2.37. The number of nitrogens with one attached hydrogen (secondary N) is 2. The molecule has 3 heterocycles. The minimum absolute atomic E-state index is 0.0525. The average Bonchev–Trinajstić information content (AvgIpc) is 3.46. The lowest BCUT2D eigenvalue weighted by Crippen LogP contribution is -2.34. The number of ether oxygens (including phenoxy) is 1. The van der Waals surface area contributed by atoms with Gasteiger partial charge in [-0.1, -0.05) is 23.8 Å². The van der Waals surface area contributed by atoms with Gasteiger partial charge in [0, 0.05) is 23.8 Å². The lowest BCUT2D eigenvalue weighted by atomic mass is 10.1. The summed E-state index contributed by atoms with van der Waals surface area (Å²) in [6.07, 6.45) is 4.74. The van der Waals surface area contributed by atoms with E-state index < -0.39 is 17.8 Å². The van der Waals surface area contributed by atoms with Crippen LogP contribution in [0.3, 0.4) is 0 Å². The van der Waals surface area contributed by atoms with Crippen LogP contribution in [0, 0.1) is 6.92 Å². The SMILES string of the molecule is COC(=O)C1=C(C)N(Cc2cccnc2)C(=O)/C1=C/c1ccc(CNC(=O)C(=O)Nc2ccc(C)cc2)o1. The van der Waals surface area contributed by atoms with Gasteiger partial charge in [-0.05, 0) is 55.8 Å². The highest BCUT2D eigenvalue weighted by atomic mass is 16.5. The molecule has 1 aliphatic rings. The van der Waals surface area contributed by atoms with Crippen LogP contribution in [0.5, 0.6) is 0 Å². The molecule has 2 N–H and O–H groups in total. The number of rotatable bonds is 7. The van der Waals surface area contributed by atoms with Crippen molar-refractivity contribution < 1.29 is 28.3 Å². The van der Waals surface area contributed by atoms with Crippen molar-refractivity contribution >= 4 is 35.5 Å². The molecule has 3 amide bonds. The molecule has 3 aromatic rings. The molecule has 0 bridgehead atoms. The number of benzene rings is 1. The summed E-state index contributed by atoms with van der Waals surface area (Å²) in [5, 5.41) is 5.02. The number of nitrogens with zero attached hydrogens (tertiary/aromatic N) is 2. The van der Waals surface area contributed by atoms with E-state index in [1.54, 1.807) is 49.6 Å². The van der Waals surface area contributed by atoms with Crippen molar-refractivity contribution in [2.75, 3.05) is 12.4 Å². The number of carbonyl (C=O) groups excluding carboxylic acids is 4. The highest BCUT2D eigenvalue weighted by Crippen LogP contribution is 2.33. The van der Waals surface area contributed by atoms with Gasteiger partial charge in [-0.3, -0.25) is 19.4 Å². The Morgan fingerprint density at radius 3 is 2.50 bits per heavy atom. The monoisotopic (exact) mass is 514 g/mol. The lowest BCUT2D eigenvalue weighted by Gasteiger charge is -2.17. The van der Waals surface area contributed by atoms with E-state index in [0.29, 0.717) is 22.9 Å². The van der Waals surface area contributed by atoms with Crippen molar-refractivity contribution in [3.8, 4) is 0 Å². The molecule has 4 rings (SSSR count). The van der Waals surface area contributed by atoms with Gasteiger partial charge < -0.3 is 24.7 Å². The Morgan fingerprint density at radius 1 is 1.05 bits per heavy atom. The lowest BCUT2D eigenvalue weighted by molar-refractivity contribution is -0.136. The van der Waals surface area contributed by atoms with E-state index in [2.05, 4.69) is 15.6 Å². The summed E-state index contributed by atoms with van der Waals surface area (Å²) < 4.78 is 10.6. The molecule has 0 fully saturated rings. The average molecular weight is 515 g/mol. The molecular weight excluding hydrogens is 488 g/mol. The summed E-state index contributed by atoms with van der Waals surface area (Å²) in [4.78, 5) is 55.7. The van der Waals surface area contributed by atoms with Crippen LogP contribution in [0.1, 0.15) is 29.6 Å². The van der Waals surface area contributed by atoms with Gasteiger partial charge in [0.2, 0.25) is 0 Å². The summed E-state index contributed by atoms with van der Waals surface area (Å²) in [7, 11) is 1.25. The molecule has 0 spiro atoms. The number of aryl methyl sites for hydroxylation is 1. The fraction of sp³-hybridized carbons (Fsp3) is 0.179. The van der Waals surface area contributed by atoms with E-state index in [9.17, 15) is 19.2 Å². The van der Waals surface area contributed by atoms with E-state index >= 15 is 0 Å². The Labute approximate surface area is 219 Å². The molecule has 38 heavy (non-hydrogen) atoms. The molecule has 1 aliphatic heterocycles. The van der Waals surface area contributed by atoms with Crippen LogP contribution in [-0.2, 0) is 37.0 Å². The van der Waals surface area contributed by atoms with Crippen LogP contribution in [0.25, 0.3) is 6.08 Å². The van der Waals surface area contributed by atoms with Crippen LogP contribution in [0.4, 0.5) is 5.69 Å². The predicted molar refractivity (Wildman–Crippen MR) is 138 cm³/mol. The van der Waals surface area contributed by atoms with Gasteiger partial charge in [0.05, 0.1) is 31.3 Å². The Hall–Kier alpha value is -4.99. The molecule has 0 saturated heterocycles. The van der Waals surface area contributed by atoms with E-state index in [-0.39, 0.29) is 30.1 Å². The van der Waals surface area contributed by atoms with Crippen molar-refractivity contribution in [1.29, 1.82) is 0 Å². The fourth-order valence-corrected chi connectivity index (χ4v) is 3.87. The maximum absolute atomic E-state index is 13.3. The number of furan rings is 1. The number of amides is 3. The predicted octanol–water partition coefficient (Wildman–Crippen LogP) is 3.11. The number of hydrogen-bond donors (Lipinski definition) is 2. The Morgan fingerprint density at radius 2 is 1.82 bits per heavy atom. The number of aromatic nitrogens is 1. The van der Waals surface area contributed by atoms with Gasteiger partial charge >= 0.3 is 17.8 Å². The molecular formula is C28H26N4O6. The van der Waals surface area contributed by atoms with Crippen LogP contribution < -0.4 is 10.6 Å². The molecule has 0 atom stereocenters. The van der Waals surface area contributed by atoms with Crippen molar-refractivity contribution in [3.63, 3.8) is 0 Å². The van der Waals surface area contributed by atoms with Gasteiger partial charge in [0.15, 0.2) is 0 Å². The minimum atomic E-state index is -0.828. The molecule has 0 unspecified atom stereocenters. The van der Waals surface area contributed by atoms with E-state index in [0.717, 1.165) is 11.1 Å². The molecule has 1 aromatic carbocycles. The van der Waals surface area contributed by atoms with E-state index in [1.807, 2.05) is 25.1 Å². The summed E-state index contributed by atoms with van der Waals surface area (Å²) in [5.41, 5.74) is 3.05. The van der Waals surface area contributed by atoms with Gasteiger partial charge in [0.25, 0.3) is 5.91 Å². The Bertz CT molecular complexity index is 1440. The van der Waals surface area contributed by atoms with E-state index in [4.69, 9.17) is 9.15 Å². The first kappa shape index (κ1) is 26.1. The zero-order valence-electron chi connectivity index (χ0n) is 21.1. The quantitative estimate of drug-likeness (QED) is 0.281. The van der Waals surface area contributed by atoms with Crippen LogP contribution in [0.15, 0.2) is 82.2 Å². The molecule has 0 aliphatic carbocycles. The van der Waals surface area contributed by atoms with E-state index in [1.165, 1.54) is 18.1 Å². The zero-order valence-corrected chi connectivity index (χ0v) is 21.1. The first-order valence-corrected chi connectivity index (χ1v) is 11.7. The van der Waals surface area contributed by atoms with Crippen molar-refractivity contribution in [3.05, 3.63) is 100 Å². The second-order valence-electron chi connectivity index (χ2n) is 8.57. The number of carbonyl (C=O) groups is 4. The van der Waals surface area contributed by atoms with Crippen LogP contribution in [-0.4, -0.2) is 40.7 Å². The minimum Gasteiger partial charge on any atom is -0.465 e. The first-order chi connectivity index (χ1) is 18.3. The first-order valence-electron chi connectivity index (χ1n) is 11.7. The molecule has 10 heteroatoms. The van der Waals surface area contributed by atoms with Crippen molar-refractivity contribution in [1.82, 2.24) is 15.2 Å². The molecule has 0 radical (unpaired) electrons.